The van der Waals surface area contributed by atoms with Crippen molar-refractivity contribution in [3.8, 4) is 0 Å². The average molecular weight is 371 g/mol. The zero-order valence-corrected chi connectivity index (χ0v) is 15.5. The number of aliphatic hydroxyl groups is 1. The summed E-state index contributed by atoms with van der Waals surface area (Å²) in [6.07, 6.45) is 1.07. The van der Waals surface area contributed by atoms with E-state index in [2.05, 4.69) is 4.90 Å². The number of hydrogen-bond acceptors (Lipinski definition) is 4. The molecule has 0 aliphatic carbocycles. The summed E-state index contributed by atoms with van der Waals surface area (Å²) in [7, 11) is -0.430. The highest BCUT2D eigenvalue weighted by molar-refractivity contribution is 7.86. The predicted molar refractivity (Wildman–Crippen MR) is 93.5 cm³/mol. The summed E-state index contributed by atoms with van der Waals surface area (Å²) in [5, 5.41) is 10.9. The van der Waals surface area contributed by atoms with Gasteiger partial charge in [0.2, 0.25) is 0 Å². The highest BCUT2D eigenvalue weighted by Gasteiger charge is 2.47. The molecule has 0 spiro atoms. The van der Waals surface area contributed by atoms with Gasteiger partial charge in [-0.25, -0.2) is 4.39 Å². The summed E-state index contributed by atoms with van der Waals surface area (Å²) in [6.45, 7) is 2.59. The first-order valence-electron chi connectivity index (χ1n) is 8.57. The predicted octanol–water partition coefficient (Wildman–Crippen LogP) is 0.891. The van der Waals surface area contributed by atoms with Gasteiger partial charge >= 0.3 is 0 Å². The molecule has 2 heterocycles. The zero-order chi connectivity index (χ0) is 18.2. The van der Waals surface area contributed by atoms with E-state index < -0.39 is 15.8 Å². The SMILES string of the molecule is CN(C)S(=O)(=O)N1CC[C@]2(O)CCN(Cc3cccc(F)c3)C[C@@H]2C1. The standard InChI is InChI=1S/C17H26FN3O3S/c1-19(2)25(23,24)21-9-7-17(22)6-8-20(12-15(17)13-21)11-14-4-3-5-16(18)10-14/h3-5,10,15,22H,6-9,11-13H2,1-2H3/t15-,17-/m1/s1. The number of nitrogens with zero attached hydrogens (tertiary/aromatic N) is 3. The van der Waals surface area contributed by atoms with Gasteiger partial charge in [0.1, 0.15) is 5.82 Å². The molecule has 1 aromatic carbocycles. The fraction of sp³-hybridized carbons (Fsp3) is 0.647. The van der Waals surface area contributed by atoms with Gasteiger partial charge in [-0.2, -0.15) is 17.0 Å². The van der Waals surface area contributed by atoms with E-state index in [1.807, 2.05) is 6.07 Å². The number of rotatable bonds is 4. The van der Waals surface area contributed by atoms with Crippen LogP contribution in [-0.2, 0) is 16.8 Å². The van der Waals surface area contributed by atoms with Crippen LogP contribution in [0, 0.1) is 11.7 Å². The maximum absolute atomic E-state index is 13.4. The van der Waals surface area contributed by atoms with Crippen LogP contribution in [0.2, 0.25) is 0 Å². The molecule has 2 aliphatic rings. The zero-order valence-electron chi connectivity index (χ0n) is 14.7. The Bertz CT molecular complexity index is 728. The second kappa shape index (κ2) is 6.92. The van der Waals surface area contributed by atoms with Gasteiger partial charge in [-0.3, -0.25) is 4.90 Å². The maximum atomic E-state index is 13.4. The van der Waals surface area contributed by atoms with Crippen LogP contribution in [0.4, 0.5) is 4.39 Å². The average Bonchev–Trinajstić information content (AvgIpc) is 2.54. The van der Waals surface area contributed by atoms with Gasteiger partial charge in [0.25, 0.3) is 10.2 Å². The molecule has 1 N–H and O–H groups in total. The van der Waals surface area contributed by atoms with Crippen LogP contribution in [0.5, 0.6) is 0 Å². The fourth-order valence-electron chi connectivity index (χ4n) is 3.82. The summed E-state index contributed by atoms with van der Waals surface area (Å²) in [4.78, 5) is 2.17. The Kier molecular flexibility index (Phi) is 5.18. The van der Waals surface area contributed by atoms with Crippen LogP contribution in [0.25, 0.3) is 0 Å². The fourth-order valence-corrected chi connectivity index (χ4v) is 4.97. The highest BCUT2D eigenvalue weighted by atomic mass is 32.2. The third kappa shape index (κ3) is 3.88. The number of likely N-dealkylation sites (tertiary alicyclic amines) is 1. The lowest BCUT2D eigenvalue weighted by atomic mass is 9.76. The van der Waals surface area contributed by atoms with Crippen LogP contribution in [0.3, 0.4) is 0 Å². The number of piperidine rings is 2. The summed E-state index contributed by atoms with van der Waals surface area (Å²) in [5.74, 6) is -0.398. The van der Waals surface area contributed by atoms with Crippen molar-refractivity contribution in [2.45, 2.75) is 25.0 Å². The quantitative estimate of drug-likeness (QED) is 0.854. The lowest BCUT2D eigenvalue weighted by Crippen LogP contribution is -2.61. The van der Waals surface area contributed by atoms with Gasteiger partial charge in [0.15, 0.2) is 0 Å². The molecular formula is C17H26FN3O3S. The number of benzene rings is 1. The van der Waals surface area contributed by atoms with Crippen LogP contribution < -0.4 is 0 Å². The van der Waals surface area contributed by atoms with E-state index in [4.69, 9.17) is 0 Å². The van der Waals surface area contributed by atoms with Crippen LogP contribution in [-0.4, -0.2) is 72.9 Å². The summed E-state index contributed by atoms with van der Waals surface area (Å²) in [5.41, 5.74) is 0.0792. The van der Waals surface area contributed by atoms with E-state index in [-0.39, 0.29) is 11.7 Å². The van der Waals surface area contributed by atoms with Gasteiger partial charge in [-0.15, -0.1) is 0 Å². The summed E-state index contributed by atoms with van der Waals surface area (Å²) in [6, 6.07) is 6.51. The number of fused-ring (bicyclic) bond motifs is 1. The lowest BCUT2D eigenvalue weighted by Gasteiger charge is -2.50. The molecule has 140 valence electrons. The lowest BCUT2D eigenvalue weighted by molar-refractivity contribution is -0.103. The third-order valence-electron chi connectivity index (χ3n) is 5.40. The third-order valence-corrected chi connectivity index (χ3v) is 7.31. The first-order chi connectivity index (χ1) is 11.7. The molecule has 6 nitrogen and oxygen atoms in total. The van der Waals surface area contributed by atoms with Gasteiger partial charge in [-0.05, 0) is 30.5 Å². The smallest absolute Gasteiger partial charge is 0.281 e. The summed E-state index contributed by atoms with van der Waals surface area (Å²) < 4.78 is 40.8. The molecule has 2 fully saturated rings. The van der Waals surface area contributed by atoms with E-state index >= 15 is 0 Å². The number of hydrogen-bond donors (Lipinski definition) is 1. The Hall–Kier alpha value is -1.06. The summed E-state index contributed by atoms with van der Waals surface area (Å²) >= 11 is 0. The largest absolute Gasteiger partial charge is 0.389 e. The second-order valence-corrected chi connectivity index (χ2v) is 9.46. The van der Waals surface area contributed by atoms with E-state index in [0.717, 1.165) is 12.1 Å². The van der Waals surface area contributed by atoms with Crippen molar-refractivity contribution in [1.29, 1.82) is 0 Å². The minimum Gasteiger partial charge on any atom is -0.389 e. The first kappa shape index (κ1) is 18.7. The topological polar surface area (TPSA) is 64.1 Å². The van der Waals surface area contributed by atoms with Crippen molar-refractivity contribution in [3.05, 3.63) is 35.6 Å². The molecule has 1 aromatic rings. The Labute approximate surface area is 149 Å². The van der Waals surface area contributed by atoms with Crippen molar-refractivity contribution in [1.82, 2.24) is 13.5 Å². The Morgan fingerprint density at radius 1 is 1.28 bits per heavy atom. The Morgan fingerprint density at radius 3 is 2.68 bits per heavy atom. The minimum atomic E-state index is -3.47. The molecule has 0 radical (unpaired) electrons. The van der Waals surface area contributed by atoms with E-state index in [9.17, 15) is 17.9 Å². The molecule has 25 heavy (non-hydrogen) atoms. The van der Waals surface area contributed by atoms with Crippen LogP contribution >= 0.6 is 0 Å². The van der Waals surface area contributed by atoms with Crippen molar-refractivity contribution < 1.29 is 17.9 Å². The van der Waals surface area contributed by atoms with Crippen LogP contribution in [0.1, 0.15) is 18.4 Å². The molecule has 2 atom stereocenters. The minimum absolute atomic E-state index is 0.140. The molecule has 2 aliphatic heterocycles. The Morgan fingerprint density at radius 2 is 2.00 bits per heavy atom. The maximum Gasteiger partial charge on any atom is 0.281 e. The monoisotopic (exact) mass is 371 g/mol. The van der Waals surface area contributed by atoms with Crippen molar-refractivity contribution >= 4 is 10.2 Å². The molecule has 0 saturated carbocycles. The number of halogens is 1. The Balaban J connectivity index is 1.70. The molecular weight excluding hydrogens is 345 g/mol. The first-order valence-corrected chi connectivity index (χ1v) is 9.97. The molecule has 3 rings (SSSR count). The normalized spacial score (nSPS) is 28.9. The van der Waals surface area contributed by atoms with Gasteiger partial charge in [0.05, 0.1) is 5.60 Å². The van der Waals surface area contributed by atoms with E-state index in [1.165, 1.54) is 34.8 Å². The van der Waals surface area contributed by atoms with Crippen LogP contribution in [0.15, 0.2) is 24.3 Å². The molecule has 0 unspecified atom stereocenters. The van der Waals surface area contributed by atoms with Gasteiger partial charge in [-0.1, -0.05) is 12.1 Å². The second-order valence-electron chi connectivity index (χ2n) is 7.31. The van der Waals surface area contributed by atoms with E-state index in [1.54, 1.807) is 6.07 Å². The van der Waals surface area contributed by atoms with Gasteiger partial charge < -0.3 is 5.11 Å². The van der Waals surface area contributed by atoms with Gasteiger partial charge in [0, 0.05) is 52.7 Å². The molecule has 0 bridgehead atoms. The molecule has 0 amide bonds. The molecule has 8 heteroatoms. The molecule has 0 aromatic heterocycles. The van der Waals surface area contributed by atoms with Crippen molar-refractivity contribution in [3.63, 3.8) is 0 Å². The van der Waals surface area contributed by atoms with Crippen molar-refractivity contribution in [2.24, 2.45) is 5.92 Å². The van der Waals surface area contributed by atoms with E-state index in [0.29, 0.717) is 39.0 Å². The highest BCUT2D eigenvalue weighted by Crippen LogP contribution is 2.36. The van der Waals surface area contributed by atoms with Crippen molar-refractivity contribution in [2.75, 3.05) is 40.3 Å². The molecule has 2 saturated heterocycles.